The van der Waals surface area contributed by atoms with Crippen molar-refractivity contribution < 1.29 is 9.90 Å². The number of carbonyl (C=O) groups is 1. The van der Waals surface area contributed by atoms with Gasteiger partial charge in [-0.1, -0.05) is 30.3 Å². The van der Waals surface area contributed by atoms with E-state index in [4.69, 9.17) is 0 Å². The summed E-state index contributed by atoms with van der Waals surface area (Å²) in [6, 6.07) is 14.3. The molecule has 1 N–H and O–H groups in total. The van der Waals surface area contributed by atoms with Crippen LogP contribution in [0.1, 0.15) is 46.7 Å². The fraction of sp³-hybridized carbons (Fsp3) is 0.435. The van der Waals surface area contributed by atoms with Crippen LogP contribution in [0.25, 0.3) is 5.65 Å². The molecule has 1 aromatic carbocycles. The summed E-state index contributed by atoms with van der Waals surface area (Å²) in [5, 5.41) is 14.9. The Morgan fingerprint density at radius 3 is 2.76 bits per heavy atom. The molecule has 2 bridgehead atoms. The normalized spacial score (nSPS) is 25.8. The van der Waals surface area contributed by atoms with Gasteiger partial charge in [-0.25, -0.2) is 9.50 Å². The molecule has 1 amide bonds. The summed E-state index contributed by atoms with van der Waals surface area (Å²) in [5.74, 6) is -0.0385. The van der Waals surface area contributed by atoms with Crippen molar-refractivity contribution in [2.45, 2.75) is 51.6 Å². The summed E-state index contributed by atoms with van der Waals surface area (Å²) >= 11 is 0. The minimum absolute atomic E-state index is 0.0385. The van der Waals surface area contributed by atoms with Crippen LogP contribution in [-0.4, -0.2) is 49.2 Å². The van der Waals surface area contributed by atoms with E-state index in [1.165, 1.54) is 5.56 Å². The maximum Gasteiger partial charge on any atom is 0.274 e. The molecule has 0 radical (unpaired) electrons. The predicted octanol–water partition coefficient (Wildman–Crippen LogP) is 2.94. The van der Waals surface area contributed by atoms with Crippen LogP contribution >= 0.6 is 0 Å². The van der Waals surface area contributed by atoms with Gasteiger partial charge in [0, 0.05) is 35.0 Å². The number of benzene rings is 1. The van der Waals surface area contributed by atoms with Crippen LogP contribution in [0.4, 0.5) is 0 Å². The molecule has 0 saturated carbocycles. The quantitative estimate of drug-likeness (QED) is 0.744. The van der Waals surface area contributed by atoms with Gasteiger partial charge in [-0.3, -0.25) is 4.79 Å². The molecular formula is C23H26N4O2. The Hall–Kier alpha value is -2.73. The first-order valence-corrected chi connectivity index (χ1v) is 10.3. The molecule has 29 heavy (non-hydrogen) atoms. The van der Waals surface area contributed by atoms with Crippen molar-refractivity contribution in [2.75, 3.05) is 6.61 Å². The lowest BCUT2D eigenvalue weighted by Gasteiger charge is -2.36. The Labute approximate surface area is 170 Å². The number of rotatable bonds is 4. The van der Waals surface area contributed by atoms with Crippen LogP contribution in [-0.2, 0) is 6.42 Å². The average Bonchev–Trinajstić information content (AvgIpc) is 3.40. The molecule has 5 rings (SSSR count). The first-order valence-electron chi connectivity index (χ1n) is 10.3. The van der Waals surface area contributed by atoms with E-state index in [2.05, 4.69) is 22.2 Å². The zero-order chi connectivity index (χ0) is 20.2. The second-order valence-corrected chi connectivity index (χ2v) is 8.68. The molecule has 150 valence electrons. The molecule has 4 heterocycles. The topological polar surface area (TPSA) is 70.7 Å². The fourth-order valence-corrected chi connectivity index (χ4v) is 5.54. The van der Waals surface area contributed by atoms with Crippen LogP contribution in [0.5, 0.6) is 0 Å². The maximum atomic E-state index is 13.5. The first-order chi connectivity index (χ1) is 14.0. The Morgan fingerprint density at radius 2 is 2.00 bits per heavy atom. The number of nitrogens with zero attached hydrogens (tertiary/aromatic N) is 4. The highest BCUT2D eigenvalue weighted by Gasteiger charge is 2.57. The van der Waals surface area contributed by atoms with Crippen molar-refractivity contribution in [3.8, 4) is 0 Å². The third-order valence-corrected chi connectivity index (χ3v) is 6.75. The summed E-state index contributed by atoms with van der Waals surface area (Å²) < 4.78 is 1.74. The first kappa shape index (κ1) is 18.3. The van der Waals surface area contributed by atoms with Gasteiger partial charge in [-0.15, -0.1) is 0 Å². The van der Waals surface area contributed by atoms with Crippen molar-refractivity contribution in [1.29, 1.82) is 0 Å². The highest BCUT2D eigenvalue weighted by Crippen LogP contribution is 2.51. The largest absolute Gasteiger partial charge is 0.396 e. The van der Waals surface area contributed by atoms with Crippen LogP contribution in [0.15, 0.2) is 42.5 Å². The number of carbonyl (C=O) groups excluding carboxylic acids is 1. The van der Waals surface area contributed by atoms with Crippen molar-refractivity contribution in [3.05, 3.63) is 65.1 Å². The molecule has 2 aliphatic heterocycles. The van der Waals surface area contributed by atoms with Crippen molar-refractivity contribution >= 4 is 11.6 Å². The standard InChI is InChI=1S/C23H26N4O2/c1-15-10-16(2)27-21(24-15)11-19(25-27)22(29)26-18-8-9-20(26)23(13-18,14-28)12-17-6-4-3-5-7-17/h3-7,10-11,18,20,28H,8-9,12-14H2,1-2H3/t18-,20+,23-/m0/s1. The lowest BCUT2D eigenvalue weighted by molar-refractivity contribution is 0.0566. The summed E-state index contributed by atoms with van der Waals surface area (Å²) in [7, 11) is 0. The molecule has 2 saturated heterocycles. The van der Waals surface area contributed by atoms with Crippen LogP contribution in [0.3, 0.4) is 0 Å². The van der Waals surface area contributed by atoms with E-state index in [1.807, 2.05) is 43.0 Å². The Bertz CT molecular complexity index is 1080. The Kier molecular flexibility index (Phi) is 4.21. The van der Waals surface area contributed by atoms with E-state index in [1.54, 1.807) is 10.6 Å². The lowest BCUT2D eigenvalue weighted by Crippen LogP contribution is -2.44. The molecular weight excluding hydrogens is 364 g/mol. The van der Waals surface area contributed by atoms with E-state index >= 15 is 0 Å². The number of aliphatic hydroxyl groups is 1. The van der Waals surface area contributed by atoms with E-state index in [-0.39, 0.29) is 30.0 Å². The summed E-state index contributed by atoms with van der Waals surface area (Å²) in [6.07, 6.45) is 3.57. The summed E-state index contributed by atoms with van der Waals surface area (Å²) in [5.41, 5.74) is 3.96. The monoisotopic (exact) mass is 390 g/mol. The molecule has 6 nitrogen and oxygen atoms in total. The zero-order valence-electron chi connectivity index (χ0n) is 16.9. The molecule has 3 aromatic rings. The van der Waals surface area contributed by atoms with Gasteiger partial charge in [0.15, 0.2) is 11.3 Å². The Morgan fingerprint density at radius 1 is 1.21 bits per heavy atom. The molecule has 2 aromatic heterocycles. The van der Waals surface area contributed by atoms with Gasteiger partial charge < -0.3 is 10.0 Å². The highest BCUT2D eigenvalue weighted by molar-refractivity contribution is 5.94. The number of hydrogen-bond acceptors (Lipinski definition) is 4. The summed E-state index contributed by atoms with van der Waals surface area (Å²) in [6.45, 7) is 4.01. The molecule has 0 unspecified atom stereocenters. The van der Waals surface area contributed by atoms with Crippen molar-refractivity contribution in [3.63, 3.8) is 0 Å². The summed E-state index contributed by atoms with van der Waals surface area (Å²) in [4.78, 5) is 20.0. The van der Waals surface area contributed by atoms with Crippen LogP contribution < -0.4 is 0 Å². The van der Waals surface area contributed by atoms with Crippen molar-refractivity contribution in [1.82, 2.24) is 19.5 Å². The van der Waals surface area contributed by atoms with Crippen LogP contribution in [0, 0.1) is 19.3 Å². The van der Waals surface area contributed by atoms with Gasteiger partial charge in [0.05, 0.1) is 6.61 Å². The van der Waals surface area contributed by atoms with Crippen LogP contribution in [0.2, 0.25) is 0 Å². The van der Waals surface area contributed by atoms with E-state index in [0.29, 0.717) is 11.3 Å². The van der Waals surface area contributed by atoms with E-state index in [0.717, 1.165) is 37.1 Å². The Balaban J connectivity index is 1.47. The SMILES string of the molecule is Cc1cc(C)n2nc(C(=O)N3[C@H]4CC[C@@H]3[C@@](CO)(Cc3ccccc3)C4)cc2n1. The number of hydrogen-bond donors (Lipinski definition) is 1. The third-order valence-electron chi connectivity index (χ3n) is 6.75. The minimum Gasteiger partial charge on any atom is -0.396 e. The van der Waals surface area contributed by atoms with Crippen molar-refractivity contribution in [2.24, 2.45) is 5.41 Å². The average molecular weight is 390 g/mol. The predicted molar refractivity (Wildman–Crippen MR) is 110 cm³/mol. The molecule has 3 atom stereocenters. The second kappa shape index (κ2) is 6.66. The molecule has 0 spiro atoms. The number of aliphatic hydroxyl groups excluding tert-OH is 1. The third kappa shape index (κ3) is 2.85. The van der Waals surface area contributed by atoms with Gasteiger partial charge in [-0.05, 0) is 51.2 Å². The molecule has 6 heteroatoms. The molecule has 0 aliphatic carbocycles. The zero-order valence-corrected chi connectivity index (χ0v) is 16.9. The number of fused-ring (bicyclic) bond motifs is 3. The number of aromatic nitrogens is 3. The van der Waals surface area contributed by atoms with Gasteiger partial charge in [0.1, 0.15) is 0 Å². The van der Waals surface area contributed by atoms with E-state index in [9.17, 15) is 9.90 Å². The molecule has 2 fully saturated rings. The van der Waals surface area contributed by atoms with Gasteiger partial charge >= 0.3 is 0 Å². The van der Waals surface area contributed by atoms with Gasteiger partial charge in [-0.2, -0.15) is 5.10 Å². The van der Waals surface area contributed by atoms with Gasteiger partial charge in [0.2, 0.25) is 0 Å². The van der Waals surface area contributed by atoms with Gasteiger partial charge in [0.25, 0.3) is 5.91 Å². The minimum atomic E-state index is -0.274. The highest BCUT2D eigenvalue weighted by atomic mass is 16.3. The second-order valence-electron chi connectivity index (χ2n) is 8.68. The maximum absolute atomic E-state index is 13.5. The lowest BCUT2D eigenvalue weighted by atomic mass is 9.70. The number of aryl methyl sites for hydroxylation is 2. The fourth-order valence-electron chi connectivity index (χ4n) is 5.54. The number of amides is 1. The molecule has 2 aliphatic rings. The van der Waals surface area contributed by atoms with E-state index < -0.39 is 0 Å². The smallest absolute Gasteiger partial charge is 0.274 e.